The molecular formula is C15H13ClFNO2. The van der Waals surface area contributed by atoms with Crippen LogP contribution in [0.25, 0.3) is 6.08 Å². The highest BCUT2D eigenvalue weighted by molar-refractivity contribution is 6.30. The maximum absolute atomic E-state index is 13.0. The van der Waals surface area contributed by atoms with Gasteiger partial charge in [0, 0.05) is 6.08 Å². The lowest BCUT2D eigenvalue weighted by Crippen LogP contribution is -2.24. The summed E-state index contributed by atoms with van der Waals surface area (Å²) >= 11 is 5.66. The lowest BCUT2D eigenvalue weighted by atomic mass is 10.2. The molecule has 2 aromatic rings. The number of halogens is 2. The molecule has 1 N–H and O–H groups in total. The number of amides is 1. The van der Waals surface area contributed by atoms with Gasteiger partial charge in [0.15, 0.2) is 0 Å². The zero-order valence-electron chi connectivity index (χ0n) is 10.8. The van der Waals surface area contributed by atoms with Crippen LogP contribution in [0, 0.1) is 5.82 Å². The van der Waals surface area contributed by atoms with Crippen LogP contribution in [0.4, 0.5) is 4.39 Å². The number of hydrogen-bond acceptors (Lipinski definition) is 2. The minimum atomic E-state index is -0.486. The van der Waals surface area contributed by atoms with Gasteiger partial charge in [0.1, 0.15) is 11.6 Å². The number of furan rings is 1. The summed E-state index contributed by atoms with van der Waals surface area (Å²) in [4.78, 5) is 11.7. The van der Waals surface area contributed by atoms with Crippen LogP contribution in [0.3, 0.4) is 0 Å². The molecule has 1 heterocycles. The third-order valence-electron chi connectivity index (χ3n) is 2.70. The van der Waals surface area contributed by atoms with Crippen molar-refractivity contribution in [3.63, 3.8) is 0 Å². The largest absolute Gasteiger partial charge is 0.467 e. The molecule has 0 spiro atoms. The van der Waals surface area contributed by atoms with Crippen molar-refractivity contribution in [1.82, 2.24) is 5.32 Å². The van der Waals surface area contributed by atoms with Crippen LogP contribution >= 0.6 is 11.6 Å². The fourth-order valence-corrected chi connectivity index (χ4v) is 1.85. The van der Waals surface area contributed by atoms with E-state index in [1.54, 1.807) is 30.5 Å². The summed E-state index contributed by atoms with van der Waals surface area (Å²) in [5.74, 6) is -0.0781. The van der Waals surface area contributed by atoms with Crippen LogP contribution < -0.4 is 5.32 Å². The zero-order valence-corrected chi connectivity index (χ0v) is 11.5. The SMILES string of the molecule is C[C@@H](NC(=O)/C=C/c1ccc(F)c(Cl)c1)c1ccco1. The van der Waals surface area contributed by atoms with Crippen LogP contribution in [0.5, 0.6) is 0 Å². The normalized spacial score (nSPS) is 12.6. The summed E-state index contributed by atoms with van der Waals surface area (Å²) in [7, 11) is 0. The molecule has 20 heavy (non-hydrogen) atoms. The number of benzene rings is 1. The maximum Gasteiger partial charge on any atom is 0.244 e. The first-order chi connectivity index (χ1) is 9.56. The average molecular weight is 294 g/mol. The van der Waals surface area contributed by atoms with Crippen LogP contribution in [0.15, 0.2) is 47.1 Å². The molecule has 1 atom stereocenters. The van der Waals surface area contributed by atoms with Gasteiger partial charge < -0.3 is 9.73 Å². The van der Waals surface area contributed by atoms with E-state index in [4.69, 9.17) is 16.0 Å². The van der Waals surface area contributed by atoms with E-state index in [0.29, 0.717) is 11.3 Å². The Balaban J connectivity index is 1.97. The van der Waals surface area contributed by atoms with Crippen molar-refractivity contribution in [3.05, 3.63) is 64.8 Å². The van der Waals surface area contributed by atoms with Gasteiger partial charge in [-0.15, -0.1) is 0 Å². The smallest absolute Gasteiger partial charge is 0.244 e. The maximum atomic E-state index is 13.0. The standard InChI is InChI=1S/C15H13ClFNO2/c1-10(14-3-2-8-20-14)18-15(19)7-5-11-4-6-13(17)12(16)9-11/h2-10H,1H3,(H,18,19)/b7-5+/t10-/m1/s1. The van der Waals surface area contributed by atoms with Crippen molar-refractivity contribution in [1.29, 1.82) is 0 Å². The van der Waals surface area contributed by atoms with E-state index < -0.39 is 5.82 Å². The first-order valence-electron chi connectivity index (χ1n) is 6.03. The van der Waals surface area contributed by atoms with Crippen LogP contribution in [0.2, 0.25) is 5.02 Å². The first kappa shape index (κ1) is 14.3. The minimum Gasteiger partial charge on any atom is -0.467 e. The van der Waals surface area contributed by atoms with Crippen LogP contribution in [-0.4, -0.2) is 5.91 Å². The third-order valence-corrected chi connectivity index (χ3v) is 2.99. The van der Waals surface area contributed by atoms with E-state index >= 15 is 0 Å². The topological polar surface area (TPSA) is 42.2 Å². The Hall–Kier alpha value is -2.07. The predicted molar refractivity (Wildman–Crippen MR) is 75.7 cm³/mol. The molecule has 0 saturated heterocycles. The average Bonchev–Trinajstić information content (AvgIpc) is 2.94. The Labute approximate surface area is 121 Å². The molecular weight excluding hydrogens is 281 g/mol. The molecule has 0 aliphatic heterocycles. The monoisotopic (exact) mass is 293 g/mol. The Morgan fingerprint density at radius 3 is 2.90 bits per heavy atom. The molecule has 0 saturated carbocycles. The summed E-state index contributed by atoms with van der Waals surface area (Å²) in [5, 5.41) is 2.78. The van der Waals surface area contributed by atoms with Crippen molar-refractivity contribution in [2.24, 2.45) is 0 Å². The number of carbonyl (C=O) groups is 1. The summed E-state index contributed by atoms with van der Waals surface area (Å²) in [5.41, 5.74) is 0.650. The third kappa shape index (κ3) is 3.71. The van der Waals surface area contributed by atoms with Gasteiger partial charge in [-0.3, -0.25) is 4.79 Å². The van der Waals surface area contributed by atoms with Gasteiger partial charge in [0.2, 0.25) is 5.91 Å². The van der Waals surface area contributed by atoms with E-state index in [1.165, 1.54) is 18.2 Å². The molecule has 3 nitrogen and oxygen atoms in total. The fraction of sp³-hybridized carbons (Fsp3) is 0.133. The Bertz CT molecular complexity index is 623. The van der Waals surface area contributed by atoms with Gasteiger partial charge in [-0.05, 0) is 42.8 Å². The van der Waals surface area contributed by atoms with Crippen molar-refractivity contribution in [2.75, 3.05) is 0 Å². The number of rotatable bonds is 4. The summed E-state index contributed by atoms with van der Waals surface area (Å²) in [6.45, 7) is 1.82. The van der Waals surface area contributed by atoms with Crippen LogP contribution in [0.1, 0.15) is 24.3 Å². The number of carbonyl (C=O) groups excluding carboxylic acids is 1. The van der Waals surface area contributed by atoms with Gasteiger partial charge in [0.25, 0.3) is 0 Å². The van der Waals surface area contributed by atoms with Crippen molar-refractivity contribution in [2.45, 2.75) is 13.0 Å². The fourth-order valence-electron chi connectivity index (χ4n) is 1.66. The molecule has 0 fully saturated rings. The Morgan fingerprint density at radius 1 is 1.45 bits per heavy atom. The highest BCUT2D eigenvalue weighted by Gasteiger charge is 2.09. The molecule has 0 aliphatic carbocycles. The van der Waals surface area contributed by atoms with Crippen LogP contribution in [-0.2, 0) is 4.79 Å². The zero-order chi connectivity index (χ0) is 14.5. The van der Waals surface area contributed by atoms with Gasteiger partial charge in [-0.25, -0.2) is 4.39 Å². The first-order valence-corrected chi connectivity index (χ1v) is 6.41. The van der Waals surface area contributed by atoms with E-state index in [1.807, 2.05) is 6.92 Å². The molecule has 2 rings (SSSR count). The van der Waals surface area contributed by atoms with E-state index in [-0.39, 0.29) is 17.0 Å². The molecule has 1 aromatic heterocycles. The Morgan fingerprint density at radius 2 is 2.25 bits per heavy atom. The summed E-state index contributed by atoms with van der Waals surface area (Å²) in [6, 6.07) is 7.57. The van der Waals surface area contributed by atoms with Gasteiger partial charge in [-0.1, -0.05) is 17.7 Å². The second kappa shape index (κ2) is 6.39. The molecule has 1 aromatic carbocycles. The molecule has 0 bridgehead atoms. The molecule has 5 heteroatoms. The highest BCUT2D eigenvalue weighted by Crippen LogP contribution is 2.17. The number of nitrogens with one attached hydrogen (secondary N) is 1. The van der Waals surface area contributed by atoms with Gasteiger partial charge in [-0.2, -0.15) is 0 Å². The predicted octanol–water partition coefficient (Wildman–Crippen LogP) is 3.96. The number of hydrogen-bond donors (Lipinski definition) is 1. The van der Waals surface area contributed by atoms with E-state index in [0.717, 1.165) is 0 Å². The molecule has 104 valence electrons. The quantitative estimate of drug-likeness (QED) is 0.867. The second-order valence-corrected chi connectivity index (χ2v) is 4.66. The van der Waals surface area contributed by atoms with Crippen molar-refractivity contribution < 1.29 is 13.6 Å². The summed E-state index contributed by atoms with van der Waals surface area (Å²) in [6.07, 6.45) is 4.48. The minimum absolute atomic E-state index is 0.0245. The van der Waals surface area contributed by atoms with E-state index in [2.05, 4.69) is 5.32 Å². The molecule has 0 aliphatic rings. The lowest BCUT2D eigenvalue weighted by molar-refractivity contribution is -0.117. The van der Waals surface area contributed by atoms with Gasteiger partial charge >= 0.3 is 0 Å². The second-order valence-electron chi connectivity index (χ2n) is 4.25. The molecule has 0 unspecified atom stereocenters. The van der Waals surface area contributed by atoms with Crippen molar-refractivity contribution >= 4 is 23.6 Å². The Kier molecular flexibility index (Phi) is 4.58. The highest BCUT2D eigenvalue weighted by atomic mass is 35.5. The van der Waals surface area contributed by atoms with Gasteiger partial charge in [0.05, 0.1) is 17.3 Å². The van der Waals surface area contributed by atoms with Crippen molar-refractivity contribution in [3.8, 4) is 0 Å². The molecule has 0 radical (unpaired) electrons. The van der Waals surface area contributed by atoms with E-state index in [9.17, 15) is 9.18 Å². The lowest BCUT2D eigenvalue weighted by Gasteiger charge is -2.08. The summed E-state index contributed by atoms with van der Waals surface area (Å²) < 4.78 is 18.2. The molecule has 1 amide bonds.